The van der Waals surface area contributed by atoms with E-state index in [0.29, 0.717) is 19.4 Å². The molecule has 0 bridgehead atoms. The Hall–Kier alpha value is -1.88. The van der Waals surface area contributed by atoms with Crippen molar-refractivity contribution in [1.82, 2.24) is 5.32 Å². The quantitative estimate of drug-likeness (QED) is 0.782. The van der Waals surface area contributed by atoms with Crippen molar-refractivity contribution in [3.05, 3.63) is 35.4 Å². The maximum Gasteiger partial charge on any atom is 0.335 e. The molecule has 1 aromatic rings. The minimum absolute atomic E-state index is 0.00111. The third-order valence-electron chi connectivity index (χ3n) is 2.83. The van der Waals surface area contributed by atoms with Crippen LogP contribution in [-0.2, 0) is 16.0 Å². The van der Waals surface area contributed by atoms with E-state index in [1.807, 2.05) is 6.92 Å². The standard InChI is InChI=1S/C14H19NO4/c1-10(19-2)9-15-13(16)8-5-11-3-6-12(7-4-11)14(17)18/h3-4,6-7,10H,5,8-9H2,1-2H3,(H,15,16)(H,17,18). The van der Waals surface area contributed by atoms with E-state index in [2.05, 4.69) is 5.32 Å². The zero-order chi connectivity index (χ0) is 14.3. The summed E-state index contributed by atoms with van der Waals surface area (Å²) in [7, 11) is 1.60. The molecule has 0 spiro atoms. The lowest BCUT2D eigenvalue weighted by molar-refractivity contribution is -0.121. The van der Waals surface area contributed by atoms with Gasteiger partial charge in [-0.3, -0.25) is 4.79 Å². The molecule has 0 aromatic heterocycles. The number of carboxylic acids is 1. The Kier molecular flexibility index (Phi) is 6.02. The van der Waals surface area contributed by atoms with Crippen molar-refractivity contribution in [2.45, 2.75) is 25.9 Å². The maximum atomic E-state index is 11.6. The lowest BCUT2D eigenvalue weighted by Crippen LogP contribution is -2.31. The normalized spacial score (nSPS) is 11.9. The van der Waals surface area contributed by atoms with E-state index in [1.54, 1.807) is 31.4 Å². The van der Waals surface area contributed by atoms with Crippen molar-refractivity contribution in [2.24, 2.45) is 0 Å². The van der Waals surface area contributed by atoms with E-state index in [1.165, 1.54) is 0 Å². The largest absolute Gasteiger partial charge is 0.478 e. The molecule has 0 fully saturated rings. The summed E-state index contributed by atoms with van der Waals surface area (Å²) in [5.41, 5.74) is 1.20. The highest BCUT2D eigenvalue weighted by molar-refractivity contribution is 5.87. The maximum absolute atomic E-state index is 11.6. The van der Waals surface area contributed by atoms with Crippen molar-refractivity contribution in [1.29, 1.82) is 0 Å². The topological polar surface area (TPSA) is 75.6 Å². The molecule has 0 aliphatic carbocycles. The zero-order valence-corrected chi connectivity index (χ0v) is 11.2. The Morgan fingerprint density at radius 1 is 1.32 bits per heavy atom. The highest BCUT2D eigenvalue weighted by Crippen LogP contribution is 2.06. The average molecular weight is 265 g/mol. The minimum Gasteiger partial charge on any atom is -0.478 e. The van der Waals surface area contributed by atoms with E-state index in [0.717, 1.165) is 5.56 Å². The highest BCUT2D eigenvalue weighted by Gasteiger charge is 2.06. The first-order valence-electron chi connectivity index (χ1n) is 6.14. The van der Waals surface area contributed by atoms with Crippen LogP contribution in [-0.4, -0.2) is 36.7 Å². The summed E-state index contributed by atoms with van der Waals surface area (Å²) >= 11 is 0. The highest BCUT2D eigenvalue weighted by atomic mass is 16.5. The van der Waals surface area contributed by atoms with Crippen LogP contribution >= 0.6 is 0 Å². The second-order valence-corrected chi connectivity index (χ2v) is 4.35. The predicted octanol–water partition coefficient (Wildman–Crippen LogP) is 1.47. The molecule has 0 radical (unpaired) electrons. The molecule has 5 heteroatoms. The Morgan fingerprint density at radius 3 is 2.47 bits per heavy atom. The number of methoxy groups -OCH3 is 1. The first-order valence-corrected chi connectivity index (χ1v) is 6.14. The number of carbonyl (C=O) groups is 2. The van der Waals surface area contributed by atoms with Gasteiger partial charge in [0.1, 0.15) is 0 Å². The number of amides is 1. The first-order chi connectivity index (χ1) is 9.02. The van der Waals surface area contributed by atoms with Crippen LogP contribution in [0.5, 0.6) is 0 Å². The minimum atomic E-state index is -0.946. The molecule has 5 nitrogen and oxygen atoms in total. The van der Waals surface area contributed by atoms with Crippen LogP contribution in [0.2, 0.25) is 0 Å². The van der Waals surface area contributed by atoms with Crippen LogP contribution in [0.1, 0.15) is 29.3 Å². The predicted molar refractivity (Wildman–Crippen MR) is 71.2 cm³/mol. The summed E-state index contributed by atoms with van der Waals surface area (Å²) in [4.78, 5) is 22.2. The summed E-state index contributed by atoms with van der Waals surface area (Å²) in [6.45, 7) is 2.37. The lowest BCUT2D eigenvalue weighted by atomic mass is 10.1. The number of ether oxygens (including phenoxy) is 1. The SMILES string of the molecule is COC(C)CNC(=O)CCc1ccc(C(=O)O)cc1. The number of hydrogen-bond donors (Lipinski definition) is 2. The number of carboxylic acid groups (broad SMARTS) is 1. The molecule has 1 unspecified atom stereocenters. The fourth-order valence-corrected chi connectivity index (χ4v) is 1.50. The van der Waals surface area contributed by atoms with Gasteiger partial charge in [-0.2, -0.15) is 0 Å². The van der Waals surface area contributed by atoms with Crippen LogP contribution in [0.25, 0.3) is 0 Å². The fraction of sp³-hybridized carbons (Fsp3) is 0.429. The van der Waals surface area contributed by atoms with Gasteiger partial charge in [0.25, 0.3) is 0 Å². The van der Waals surface area contributed by atoms with Gasteiger partial charge < -0.3 is 15.2 Å². The molecule has 0 aliphatic heterocycles. The molecular weight excluding hydrogens is 246 g/mol. The van der Waals surface area contributed by atoms with Crippen molar-refractivity contribution in [3.63, 3.8) is 0 Å². The Labute approximate surface area is 112 Å². The van der Waals surface area contributed by atoms with E-state index >= 15 is 0 Å². The van der Waals surface area contributed by atoms with Crippen LogP contribution in [0.4, 0.5) is 0 Å². The summed E-state index contributed by atoms with van der Waals surface area (Å²) in [6.07, 6.45) is 0.967. The van der Waals surface area contributed by atoms with Gasteiger partial charge in [0, 0.05) is 20.1 Å². The zero-order valence-electron chi connectivity index (χ0n) is 11.2. The van der Waals surface area contributed by atoms with E-state index < -0.39 is 5.97 Å². The molecule has 2 N–H and O–H groups in total. The van der Waals surface area contributed by atoms with Crippen molar-refractivity contribution >= 4 is 11.9 Å². The molecule has 0 heterocycles. The van der Waals surface area contributed by atoms with Crippen LogP contribution in [0, 0.1) is 0 Å². The van der Waals surface area contributed by atoms with E-state index in [9.17, 15) is 9.59 Å². The van der Waals surface area contributed by atoms with Crippen LogP contribution in [0.15, 0.2) is 24.3 Å². The van der Waals surface area contributed by atoms with E-state index in [4.69, 9.17) is 9.84 Å². The van der Waals surface area contributed by atoms with Gasteiger partial charge in [-0.15, -0.1) is 0 Å². The summed E-state index contributed by atoms with van der Waals surface area (Å²) < 4.78 is 5.03. The number of aryl methyl sites for hydroxylation is 1. The van der Waals surface area contributed by atoms with Crippen molar-refractivity contribution < 1.29 is 19.4 Å². The van der Waals surface area contributed by atoms with Gasteiger partial charge in [-0.25, -0.2) is 4.79 Å². The molecule has 1 amide bonds. The molecule has 19 heavy (non-hydrogen) atoms. The Bertz CT molecular complexity index is 428. The number of hydrogen-bond acceptors (Lipinski definition) is 3. The van der Waals surface area contributed by atoms with Crippen molar-refractivity contribution in [3.8, 4) is 0 Å². The number of rotatable bonds is 7. The Balaban J connectivity index is 2.35. The number of carbonyl (C=O) groups excluding carboxylic acids is 1. The van der Waals surface area contributed by atoms with Gasteiger partial charge in [-0.1, -0.05) is 12.1 Å². The number of nitrogens with one attached hydrogen (secondary N) is 1. The molecule has 1 rings (SSSR count). The molecule has 0 saturated heterocycles. The van der Waals surface area contributed by atoms with Gasteiger partial charge in [0.05, 0.1) is 11.7 Å². The van der Waals surface area contributed by atoms with Gasteiger partial charge in [0.2, 0.25) is 5.91 Å². The summed E-state index contributed by atoms with van der Waals surface area (Å²) in [5.74, 6) is -0.982. The second-order valence-electron chi connectivity index (χ2n) is 4.35. The van der Waals surface area contributed by atoms with Crippen molar-refractivity contribution in [2.75, 3.05) is 13.7 Å². The third kappa shape index (κ3) is 5.52. The monoisotopic (exact) mass is 265 g/mol. The molecule has 104 valence electrons. The lowest BCUT2D eigenvalue weighted by Gasteiger charge is -2.10. The summed E-state index contributed by atoms with van der Waals surface area (Å²) in [6, 6.07) is 6.55. The van der Waals surface area contributed by atoms with Gasteiger partial charge in [-0.05, 0) is 31.0 Å². The molecule has 1 atom stereocenters. The third-order valence-corrected chi connectivity index (χ3v) is 2.83. The van der Waals surface area contributed by atoms with Gasteiger partial charge in [0.15, 0.2) is 0 Å². The summed E-state index contributed by atoms with van der Waals surface area (Å²) in [5, 5.41) is 11.5. The molecular formula is C14H19NO4. The fourth-order valence-electron chi connectivity index (χ4n) is 1.50. The molecule has 0 saturated carbocycles. The Morgan fingerprint density at radius 2 is 1.95 bits per heavy atom. The van der Waals surface area contributed by atoms with Crippen LogP contribution in [0.3, 0.4) is 0 Å². The van der Waals surface area contributed by atoms with Gasteiger partial charge >= 0.3 is 5.97 Å². The second kappa shape index (κ2) is 7.53. The smallest absolute Gasteiger partial charge is 0.335 e. The molecule has 1 aromatic carbocycles. The first kappa shape index (κ1) is 15.2. The number of benzene rings is 1. The van der Waals surface area contributed by atoms with Crippen LogP contribution < -0.4 is 5.32 Å². The molecule has 0 aliphatic rings. The average Bonchev–Trinajstić information content (AvgIpc) is 2.42. The van der Waals surface area contributed by atoms with E-state index in [-0.39, 0.29) is 17.6 Å². The number of aromatic carboxylic acids is 1.